The number of carbonyl (C=O) groups excluding carboxylic acids is 1. The molecule has 2 unspecified atom stereocenters. The molecule has 5 rings (SSSR count). The molecule has 56 heavy (non-hydrogen) atoms. The van der Waals surface area contributed by atoms with Gasteiger partial charge in [0.05, 0.1) is 5.41 Å². The summed E-state index contributed by atoms with van der Waals surface area (Å²) in [5.74, 6) is 4.88. The van der Waals surface area contributed by atoms with E-state index in [4.69, 9.17) is 5.41 Å². The quantitative estimate of drug-likeness (QED) is 0.0745. The van der Waals surface area contributed by atoms with Crippen LogP contribution in [-0.4, -0.2) is 35.0 Å². The van der Waals surface area contributed by atoms with E-state index in [0.29, 0.717) is 40.4 Å². The fraction of sp³-hybridized carbons (Fsp3) is 0.531. The normalized spacial score (nSPS) is 19.4. The van der Waals surface area contributed by atoms with E-state index >= 15 is 0 Å². The van der Waals surface area contributed by atoms with Crippen LogP contribution in [0.2, 0.25) is 0 Å². The molecule has 0 radical (unpaired) electrons. The number of nitrogens with one attached hydrogen (secondary N) is 1. The van der Waals surface area contributed by atoms with E-state index in [1.807, 2.05) is 12.2 Å². The van der Waals surface area contributed by atoms with Gasteiger partial charge < -0.3 is 4.90 Å². The van der Waals surface area contributed by atoms with Crippen molar-refractivity contribution in [3.8, 4) is 6.07 Å². The third-order valence-electron chi connectivity index (χ3n) is 12.4. The number of Topliss-reactive ketones (excluding diaryl/α,β-unsaturated/α-hetero) is 1. The van der Waals surface area contributed by atoms with Crippen molar-refractivity contribution >= 4 is 60.6 Å². The number of nitrogens with zero attached hydrogens (tertiary/aromatic N) is 3. The van der Waals surface area contributed by atoms with Crippen LogP contribution in [-0.2, 0) is 15.6 Å². The molecule has 0 aromatic heterocycles. The molecule has 0 bridgehead atoms. The van der Waals surface area contributed by atoms with Crippen LogP contribution in [0.15, 0.2) is 85.5 Å². The summed E-state index contributed by atoms with van der Waals surface area (Å²) in [7, 11) is 0. The molecule has 2 atom stereocenters. The first-order chi connectivity index (χ1) is 26.4. The van der Waals surface area contributed by atoms with Crippen molar-refractivity contribution in [2.75, 3.05) is 18.0 Å². The van der Waals surface area contributed by atoms with Crippen molar-refractivity contribution < 1.29 is 9.37 Å². The Hall–Kier alpha value is -3.30. The molecular weight excluding hydrogens is 820 g/mol. The van der Waals surface area contributed by atoms with Crippen molar-refractivity contribution in [3.05, 3.63) is 96.6 Å². The summed E-state index contributed by atoms with van der Waals surface area (Å²) in [6.07, 6.45) is 13.5. The minimum Gasteiger partial charge on any atom is -0.344 e. The Balaban J connectivity index is 1.59. The van der Waals surface area contributed by atoms with E-state index in [-0.39, 0.29) is 22.2 Å². The second-order valence-electron chi connectivity index (χ2n) is 18.5. The molecule has 0 fully saturated rings. The average molecular weight is 884 g/mol. The van der Waals surface area contributed by atoms with Gasteiger partial charge in [-0.2, -0.15) is 9.84 Å². The van der Waals surface area contributed by atoms with Crippen molar-refractivity contribution in [3.63, 3.8) is 0 Å². The van der Waals surface area contributed by atoms with Gasteiger partial charge in [0.1, 0.15) is 18.2 Å². The van der Waals surface area contributed by atoms with Crippen LogP contribution >= 0.6 is 31.9 Å². The van der Waals surface area contributed by atoms with Crippen LogP contribution in [0.5, 0.6) is 0 Å². The van der Waals surface area contributed by atoms with Gasteiger partial charge in [0, 0.05) is 73.1 Å². The molecule has 0 spiro atoms. The van der Waals surface area contributed by atoms with Gasteiger partial charge >= 0.3 is 0 Å². The maximum Gasteiger partial charge on any atom is 0.209 e. The van der Waals surface area contributed by atoms with Crippen LogP contribution in [0.25, 0.3) is 0 Å². The number of benzene rings is 2. The van der Waals surface area contributed by atoms with E-state index in [0.717, 1.165) is 57.7 Å². The smallest absolute Gasteiger partial charge is 0.209 e. The van der Waals surface area contributed by atoms with E-state index < -0.39 is 0 Å². The van der Waals surface area contributed by atoms with Gasteiger partial charge in [-0.3, -0.25) is 10.2 Å². The minimum atomic E-state index is -0.390. The highest BCUT2D eigenvalue weighted by atomic mass is 79.9. The van der Waals surface area contributed by atoms with Crippen molar-refractivity contribution in [1.29, 1.82) is 10.7 Å². The first-order valence-electron chi connectivity index (χ1n) is 20.9. The number of allylic oxidation sites excluding steroid dienone is 7. The zero-order valence-corrected chi connectivity index (χ0v) is 38.7. The number of hydrogen-bond donors (Lipinski definition) is 1. The number of rotatable bonds is 17. The first kappa shape index (κ1) is 43.8. The fourth-order valence-corrected chi connectivity index (χ4v) is 9.58. The average Bonchev–Trinajstić information content (AvgIpc) is 3.47. The van der Waals surface area contributed by atoms with Gasteiger partial charge in [0.15, 0.2) is 11.5 Å². The van der Waals surface area contributed by atoms with Gasteiger partial charge in [0.25, 0.3) is 0 Å². The molecular formula is C49H63Br2N4O+. The molecule has 0 amide bonds. The Morgan fingerprint density at radius 1 is 0.821 bits per heavy atom. The Kier molecular flexibility index (Phi) is 14.2. The number of anilines is 1. The highest BCUT2D eigenvalue weighted by Crippen LogP contribution is 2.51. The number of nitriles is 1. The van der Waals surface area contributed by atoms with Crippen molar-refractivity contribution in [2.45, 2.75) is 131 Å². The summed E-state index contributed by atoms with van der Waals surface area (Å²) in [5.41, 5.74) is 7.63. The van der Waals surface area contributed by atoms with Crippen LogP contribution in [0.1, 0.15) is 132 Å². The lowest BCUT2D eigenvalue weighted by molar-refractivity contribution is -0.439. The Morgan fingerprint density at radius 3 is 2.00 bits per heavy atom. The summed E-state index contributed by atoms with van der Waals surface area (Å²) < 4.78 is 4.44. The van der Waals surface area contributed by atoms with E-state index in [2.05, 4.69) is 159 Å². The van der Waals surface area contributed by atoms with Crippen molar-refractivity contribution in [1.82, 2.24) is 0 Å². The second-order valence-corrected chi connectivity index (χ2v) is 20.3. The lowest BCUT2D eigenvalue weighted by Crippen LogP contribution is -2.33. The van der Waals surface area contributed by atoms with Gasteiger partial charge in [-0.15, -0.1) is 0 Å². The molecule has 2 heterocycles. The molecule has 2 aromatic rings. The highest BCUT2D eigenvalue weighted by molar-refractivity contribution is 9.10. The largest absolute Gasteiger partial charge is 0.344 e. The molecule has 2 aliphatic heterocycles. The van der Waals surface area contributed by atoms with Crippen molar-refractivity contribution in [2.24, 2.45) is 23.7 Å². The number of ketones is 1. The Morgan fingerprint density at radius 2 is 1.41 bits per heavy atom. The monoisotopic (exact) mass is 881 g/mol. The van der Waals surface area contributed by atoms with Crippen LogP contribution in [0.3, 0.4) is 0 Å². The number of hydrogen-bond acceptors (Lipinski definition) is 4. The zero-order valence-electron chi connectivity index (χ0n) is 35.5. The summed E-state index contributed by atoms with van der Waals surface area (Å²) in [4.78, 5) is 17.0. The minimum absolute atomic E-state index is 0.0890. The van der Waals surface area contributed by atoms with E-state index in [1.165, 1.54) is 49.7 Å². The molecule has 7 heteroatoms. The standard InChI is InChI=1S/C49H63Br2N4O/c1-31(2)13-11-15-33(5)21-23-54-42-19-17-36(50)25-40(42)48(7,8)44(54)27-38-46(35(29-52)30-53)39(47(38)56)28-45-49(9,10)41-26-37(51)18-20-43(41)55(45)24-22-34(6)16-12-14-32(3)4/h17-20,25-28,31-34,52H,11-16,21-24H2,1-10H3/q+1. The highest BCUT2D eigenvalue weighted by Gasteiger charge is 2.48. The van der Waals surface area contributed by atoms with Crippen LogP contribution < -0.4 is 4.90 Å². The predicted molar refractivity (Wildman–Crippen MR) is 241 cm³/mol. The summed E-state index contributed by atoms with van der Waals surface area (Å²) in [6.45, 7) is 24.4. The van der Waals surface area contributed by atoms with Gasteiger partial charge in [0.2, 0.25) is 5.69 Å². The molecule has 3 aliphatic rings. The maximum absolute atomic E-state index is 14.6. The third-order valence-corrected chi connectivity index (χ3v) is 13.4. The number of halogens is 2. The van der Waals surface area contributed by atoms with E-state index in [9.17, 15) is 10.1 Å². The lowest BCUT2D eigenvalue weighted by atomic mass is 9.73. The molecule has 1 aliphatic carbocycles. The third kappa shape index (κ3) is 9.20. The molecule has 0 saturated carbocycles. The molecule has 1 N–H and O–H groups in total. The summed E-state index contributed by atoms with van der Waals surface area (Å²) in [6, 6.07) is 15.2. The zero-order chi connectivity index (χ0) is 41.1. The van der Waals surface area contributed by atoms with Crippen LogP contribution in [0.4, 0.5) is 11.4 Å². The van der Waals surface area contributed by atoms with Gasteiger partial charge in [-0.25, -0.2) is 0 Å². The predicted octanol–water partition coefficient (Wildman–Crippen LogP) is 13.5. The SMILES string of the molecule is CC(C)CCCC(C)CCN1/C(=C/C2=C(C(=C=N)C#N)C(=C/C3=[N+](CCC(C)CCCC(C)C)c4ccc(Br)cc4C3(C)C)/C2=O)C(C)(C)c2cc(Br)ccc21. The Bertz CT molecular complexity index is 2060. The lowest BCUT2D eigenvalue weighted by Gasteiger charge is -2.31. The summed E-state index contributed by atoms with van der Waals surface area (Å²) >= 11 is 7.44. The van der Waals surface area contributed by atoms with Crippen LogP contribution in [0, 0.1) is 40.4 Å². The maximum atomic E-state index is 14.6. The fourth-order valence-electron chi connectivity index (χ4n) is 8.85. The Labute approximate surface area is 354 Å². The molecule has 298 valence electrons. The number of fused-ring (bicyclic) bond motifs is 2. The first-order valence-corrected chi connectivity index (χ1v) is 22.5. The second kappa shape index (κ2) is 18.1. The molecule has 0 saturated heterocycles. The topological polar surface area (TPSA) is 71.0 Å². The van der Waals surface area contributed by atoms with E-state index in [1.54, 1.807) is 0 Å². The summed E-state index contributed by atoms with van der Waals surface area (Å²) in [5, 5.41) is 18.5. The number of carbonyl (C=O) groups is 1. The molecule has 5 nitrogen and oxygen atoms in total. The molecule has 2 aromatic carbocycles. The van der Waals surface area contributed by atoms with Gasteiger partial charge in [-0.05, 0) is 91.8 Å². The van der Waals surface area contributed by atoms with Gasteiger partial charge in [-0.1, -0.05) is 126 Å².